The number of aromatic nitrogens is 2. The maximum absolute atomic E-state index is 13.6. The summed E-state index contributed by atoms with van der Waals surface area (Å²) in [5.41, 5.74) is 5.98. The average molecular weight is 331 g/mol. The van der Waals surface area contributed by atoms with Crippen molar-refractivity contribution in [3.05, 3.63) is 17.9 Å². The van der Waals surface area contributed by atoms with Crippen LogP contribution in [0.2, 0.25) is 0 Å². The molecule has 1 aromatic heterocycles. The van der Waals surface area contributed by atoms with Crippen LogP contribution in [-0.4, -0.2) is 28.3 Å². The van der Waals surface area contributed by atoms with Crippen LogP contribution in [0, 0.1) is 11.7 Å². The van der Waals surface area contributed by atoms with E-state index >= 15 is 0 Å². The fraction of sp³-hybridized carbons (Fsp3) is 0.462. The van der Waals surface area contributed by atoms with E-state index in [1.807, 2.05) is 13.8 Å². The number of nitrogen functional groups attached to an aromatic ring is 1. The Bertz CT molecular complexity index is 732. The van der Waals surface area contributed by atoms with Gasteiger partial charge >= 0.3 is 7.60 Å². The average Bonchev–Trinajstić information content (AvgIpc) is 2.80. The molecular weight excluding hydrogens is 312 g/mol. The van der Waals surface area contributed by atoms with E-state index in [2.05, 4.69) is 9.72 Å². The normalized spacial score (nSPS) is 14.6. The quantitative estimate of drug-likeness (QED) is 0.476. The van der Waals surface area contributed by atoms with E-state index in [4.69, 9.17) is 10.3 Å². The number of benzene rings is 1. The lowest BCUT2D eigenvalue weighted by Crippen LogP contribution is -2.23. The van der Waals surface area contributed by atoms with Crippen LogP contribution in [-0.2, 0) is 20.4 Å². The molecule has 3 N–H and O–H groups in total. The molecule has 0 spiro atoms. The summed E-state index contributed by atoms with van der Waals surface area (Å²) in [6.07, 6.45) is 0. The Morgan fingerprint density at radius 1 is 1.50 bits per heavy atom. The fourth-order valence-electron chi connectivity index (χ4n) is 2.12. The smallest absolute Gasteiger partial charge is 0.395 e. The van der Waals surface area contributed by atoms with Crippen molar-refractivity contribution >= 4 is 29.9 Å². The molecule has 122 valence electrons. The van der Waals surface area contributed by atoms with Gasteiger partial charge in [0.2, 0.25) is 5.57 Å². The number of halogens is 1. The third-order valence-corrected chi connectivity index (χ3v) is 4.33. The first kappa shape index (κ1) is 16.9. The van der Waals surface area contributed by atoms with Crippen LogP contribution in [0.3, 0.4) is 0 Å². The van der Waals surface area contributed by atoms with Crippen LogP contribution in [0.1, 0.15) is 13.8 Å². The minimum Gasteiger partial charge on any atom is -0.395 e. The van der Waals surface area contributed by atoms with Gasteiger partial charge in [0.1, 0.15) is 11.3 Å². The van der Waals surface area contributed by atoms with Crippen LogP contribution >= 0.6 is 7.60 Å². The highest BCUT2D eigenvalue weighted by Gasteiger charge is 2.31. The summed E-state index contributed by atoms with van der Waals surface area (Å²) in [4.78, 5) is 14.2. The van der Waals surface area contributed by atoms with Gasteiger partial charge in [-0.15, -0.1) is 0 Å². The lowest BCUT2D eigenvalue weighted by molar-refractivity contribution is 0.0449. The molecule has 22 heavy (non-hydrogen) atoms. The zero-order valence-corrected chi connectivity index (χ0v) is 13.5. The molecule has 2 rings (SSSR count). The van der Waals surface area contributed by atoms with Crippen molar-refractivity contribution in [1.82, 2.24) is 9.55 Å². The van der Waals surface area contributed by atoms with Gasteiger partial charge in [0, 0.05) is 13.7 Å². The molecule has 7 nitrogen and oxygen atoms in total. The number of methoxy groups -OCH3 is 1. The van der Waals surface area contributed by atoms with Crippen LogP contribution in [0.4, 0.5) is 10.1 Å². The summed E-state index contributed by atoms with van der Waals surface area (Å²) in [5, 5.41) is 0. The summed E-state index contributed by atoms with van der Waals surface area (Å²) in [7, 11) is -2.88. The molecule has 0 saturated heterocycles. The Hall–Kier alpha value is -1.47. The van der Waals surface area contributed by atoms with Gasteiger partial charge in [-0.1, -0.05) is 13.8 Å². The molecule has 9 heteroatoms. The van der Waals surface area contributed by atoms with Crippen molar-refractivity contribution < 1.29 is 23.1 Å². The lowest BCUT2D eigenvalue weighted by Gasteiger charge is -2.15. The van der Waals surface area contributed by atoms with Crippen LogP contribution in [0.25, 0.3) is 11.0 Å². The third-order valence-electron chi connectivity index (χ3n) is 3.03. The Morgan fingerprint density at radius 2 is 2.18 bits per heavy atom. The van der Waals surface area contributed by atoms with E-state index in [0.29, 0.717) is 12.1 Å². The second kappa shape index (κ2) is 6.34. The number of nitrogens with zero attached hydrogens (tertiary/aromatic N) is 2. The van der Waals surface area contributed by atoms with E-state index in [1.54, 1.807) is 0 Å². The maximum atomic E-state index is 13.6. The van der Waals surface area contributed by atoms with Gasteiger partial charge in [0.15, 0.2) is 6.79 Å². The first-order chi connectivity index (χ1) is 10.3. The zero-order chi connectivity index (χ0) is 16.5. The van der Waals surface area contributed by atoms with Gasteiger partial charge in [-0.2, -0.15) is 0 Å². The molecule has 0 bridgehead atoms. The Labute approximate surface area is 127 Å². The van der Waals surface area contributed by atoms with Gasteiger partial charge < -0.3 is 19.9 Å². The molecule has 0 fully saturated rings. The van der Waals surface area contributed by atoms with Gasteiger partial charge in [0.05, 0.1) is 11.2 Å². The molecule has 0 radical (unpaired) electrons. The molecule has 0 amide bonds. The SMILES string of the molecule is COCOP(=O)(O)c1nc2c(N)c(F)ccc2n1CC(C)C. The van der Waals surface area contributed by atoms with Crippen LogP contribution in [0.5, 0.6) is 0 Å². The summed E-state index contributed by atoms with van der Waals surface area (Å²) in [6, 6.07) is 2.69. The Kier molecular flexibility index (Phi) is 4.87. The predicted octanol–water partition coefficient (Wildman–Crippen LogP) is 1.84. The minimum atomic E-state index is -4.21. The third kappa shape index (κ3) is 3.15. The van der Waals surface area contributed by atoms with Crippen LogP contribution in [0.15, 0.2) is 12.1 Å². The monoisotopic (exact) mass is 331 g/mol. The molecule has 1 unspecified atom stereocenters. The van der Waals surface area contributed by atoms with E-state index in [0.717, 1.165) is 0 Å². The zero-order valence-electron chi connectivity index (χ0n) is 12.6. The second-order valence-corrected chi connectivity index (χ2v) is 7.00. The maximum Gasteiger partial charge on any atom is 0.396 e. The molecule has 1 atom stereocenters. The van der Waals surface area contributed by atoms with E-state index < -0.39 is 13.4 Å². The first-order valence-electron chi connectivity index (χ1n) is 6.69. The number of hydrogen-bond donors (Lipinski definition) is 2. The molecular formula is C13H19FN3O4P. The molecule has 1 heterocycles. The van der Waals surface area contributed by atoms with Gasteiger partial charge in [-0.25, -0.2) is 9.37 Å². The topological polar surface area (TPSA) is 99.6 Å². The summed E-state index contributed by atoms with van der Waals surface area (Å²) >= 11 is 0. The minimum absolute atomic E-state index is 0.144. The van der Waals surface area contributed by atoms with Crippen molar-refractivity contribution in [1.29, 1.82) is 0 Å². The molecule has 2 aromatic rings. The van der Waals surface area contributed by atoms with Gasteiger partial charge in [-0.05, 0) is 18.1 Å². The number of fused-ring (bicyclic) bond motifs is 1. The molecule has 0 aliphatic heterocycles. The number of imidazole rings is 1. The van der Waals surface area contributed by atoms with Crippen molar-refractivity contribution in [3.63, 3.8) is 0 Å². The molecule has 0 saturated carbocycles. The fourth-order valence-corrected chi connectivity index (χ4v) is 3.20. The summed E-state index contributed by atoms with van der Waals surface area (Å²) < 4.78 is 37.0. The van der Waals surface area contributed by atoms with Gasteiger partial charge in [-0.3, -0.25) is 9.09 Å². The van der Waals surface area contributed by atoms with Crippen molar-refractivity contribution in [2.45, 2.75) is 20.4 Å². The van der Waals surface area contributed by atoms with Crippen molar-refractivity contribution in [2.75, 3.05) is 19.6 Å². The molecule has 0 aliphatic carbocycles. The highest BCUT2D eigenvalue weighted by Crippen LogP contribution is 2.41. The summed E-state index contributed by atoms with van der Waals surface area (Å²) in [5.74, 6) is -0.455. The lowest BCUT2D eigenvalue weighted by atomic mass is 10.2. The first-order valence-corrected chi connectivity index (χ1v) is 8.26. The number of ether oxygens (including phenoxy) is 1. The van der Waals surface area contributed by atoms with Crippen molar-refractivity contribution in [3.8, 4) is 0 Å². The van der Waals surface area contributed by atoms with E-state index in [-0.39, 0.29) is 29.5 Å². The summed E-state index contributed by atoms with van der Waals surface area (Å²) in [6.45, 7) is 3.95. The second-order valence-electron chi connectivity index (χ2n) is 5.30. The predicted molar refractivity (Wildman–Crippen MR) is 81.4 cm³/mol. The van der Waals surface area contributed by atoms with Gasteiger partial charge in [0.25, 0.3) is 0 Å². The van der Waals surface area contributed by atoms with Crippen LogP contribution < -0.4 is 11.3 Å². The number of hydrogen-bond acceptors (Lipinski definition) is 5. The molecule has 0 aliphatic rings. The highest BCUT2D eigenvalue weighted by atomic mass is 31.2. The Balaban J connectivity index is 2.66. The Morgan fingerprint density at radius 3 is 2.77 bits per heavy atom. The number of anilines is 1. The standard InChI is InChI=1S/C13H19FN3O4P/c1-8(2)6-17-10-5-4-9(14)11(15)12(10)16-13(17)22(18,19)21-7-20-3/h4-5,8H,6-7,15H2,1-3H3,(H,18,19). The number of nitrogens with two attached hydrogens (primary N) is 1. The largest absolute Gasteiger partial charge is 0.396 e. The van der Waals surface area contributed by atoms with E-state index in [9.17, 15) is 13.8 Å². The van der Waals surface area contributed by atoms with E-state index in [1.165, 1.54) is 23.8 Å². The highest BCUT2D eigenvalue weighted by molar-refractivity contribution is 7.60. The number of rotatable bonds is 6. The van der Waals surface area contributed by atoms with Crippen molar-refractivity contribution in [2.24, 2.45) is 5.92 Å². The molecule has 1 aromatic carbocycles.